The van der Waals surface area contributed by atoms with E-state index in [1.807, 2.05) is 53.4 Å². The summed E-state index contributed by atoms with van der Waals surface area (Å²) >= 11 is 0. The molecule has 4 nitrogen and oxygen atoms in total. The lowest BCUT2D eigenvalue weighted by Gasteiger charge is -2.23. The Labute approximate surface area is 152 Å². The molecule has 0 atom stereocenters. The second-order valence-corrected chi connectivity index (χ2v) is 6.73. The summed E-state index contributed by atoms with van der Waals surface area (Å²) in [6.45, 7) is 0.528. The van der Waals surface area contributed by atoms with Crippen LogP contribution < -0.4 is 4.74 Å². The summed E-state index contributed by atoms with van der Waals surface area (Å²) < 4.78 is 5.19. The standard InChI is InChI=1S/C22H21NO3/c1-26-19-10-6-15(7-11-19)14-23(18-8-9-18)22(25)20-12-16-4-2-3-5-17(16)13-21(20)24/h2-7,10-13,18,24H,8-9,14H2,1H3. The minimum atomic E-state index is -0.119. The molecular weight excluding hydrogens is 326 g/mol. The minimum absolute atomic E-state index is 0.0362. The van der Waals surface area contributed by atoms with Gasteiger partial charge in [-0.15, -0.1) is 0 Å². The SMILES string of the molecule is COc1ccc(CN(C(=O)c2cc3ccccc3cc2O)C2CC2)cc1. The van der Waals surface area contributed by atoms with Crippen LogP contribution in [0.15, 0.2) is 60.7 Å². The summed E-state index contributed by atoms with van der Waals surface area (Å²) in [7, 11) is 1.64. The van der Waals surface area contributed by atoms with Crippen molar-refractivity contribution in [1.29, 1.82) is 0 Å². The second kappa shape index (κ2) is 6.71. The number of aromatic hydroxyl groups is 1. The highest BCUT2D eigenvalue weighted by Gasteiger charge is 2.34. The summed E-state index contributed by atoms with van der Waals surface area (Å²) in [5.74, 6) is 0.714. The molecule has 0 bridgehead atoms. The molecule has 0 heterocycles. The van der Waals surface area contributed by atoms with Gasteiger partial charge in [-0.25, -0.2) is 0 Å². The predicted molar refractivity (Wildman–Crippen MR) is 102 cm³/mol. The van der Waals surface area contributed by atoms with E-state index < -0.39 is 0 Å². The first kappa shape index (κ1) is 16.5. The monoisotopic (exact) mass is 347 g/mol. The van der Waals surface area contributed by atoms with Crippen LogP contribution >= 0.6 is 0 Å². The van der Waals surface area contributed by atoms with Crippen molar-refractivity contribution in [2.45, 2.75) is 25.4 Å². The van der Waals surface area contributed by atoms with Crippen molar-refractivity contribution in [2.24, 2.45) is 0 Å². The highest BCUT2D eigenvalue weighted by molar-refractivity contribution is 6.01. The molecule has 3 aromatic carbocycles. The van der Waals surface area contributed by atoms with E-state index in [2.05, 4.69) is 0 Å². The van der Waals surface area contributed by atoms with Gasteiger partial charge in [-0.1, -0.05) is 36.4 Å². The number of amides is 1. The summed E-state index contributed by atoms with van der Waals surface area (Å²) in [6.07, 6.45) is 2.02. The number of carbonyl (C=O) groups excluding carboxylic acids is 1. The summed E-state index contributed by atoms with van der Waals surface area (Å²) in [5, 5.41) is 12.3. The highest BCUT2D eigenvalue weighted by Crippen LogP contribution is 2.33. The average molecular weight is 347 g/mol. The molecule has 132 valence electrons. The normalized spacial score (nSPS) is 13.6. The minimum Gasteiger partial charge on any atom is -0.507 e. The van der Waals surface area contributed by atoms with Crippen molar-refractivity contribution in [1.82, 2.24) is 4.90 Å². The molecule has 4 heteroatoms. The molecule has 1 amide bonds. The van der Waals surface area contributed by atoms with Crippen molar-refractivity contribution in [3.05, 3.63) is 71.8 Å². The Kier molecular flexibility index (Phi) is 4.25. The molecule has 0 radical (unpaired) electrons. The van der Waals surface area contributed by atoms with E-state index in [0.717, 1.165) is 34.9 Å². The van der Waals surface area contributed by atoms with Crippen LogP contribution in [0.3, 0.4) is 0 Å². The van der Waals surface area contributed by atoms with E-state index in [0.29, 0.717) is 12.1 Å². The molecular formula is C22H21NO3. The zero-order valence-electron chi connectivity index (χ0n) is 14.7. The molecule has 1 aliphatic carbocycles. The Morgan fingerprint density at radius 2 is 1.73 bits per heavy atom. The Hall–Kier alpha value is -3.01. The Morgan fingerprint density at radius 1 is 1.08 bits per heavy atom. The number of methoxy groups -OCH3 is 1. The van der Waals surface area contributed by atoms with Gasteiger partial charge in [0.25, 0.3) is 5.91 Å². The van der Waals surface area contributed by atoms with E-state index in [4.69, 9.17) is 4.74 Å². The molecule has 0 saturated heterocycles. The first-order chi connectivity index (χ1) is 12.7. The molecule has 0 aromatic heterocycles. The molecule has 1 saturated carbocycles. The smallest absolute Gasteiger partial charge is 0.258 e. The zero-order chi connectivity index (χ0) is 18.1. The molecule has 0 aliphatic heterocycles. The number of carbonyl (C=O) groups is 1. The maximum atomic E-state index is 13.2. The van der Waals surface area contributed by atoms with E-state index in [-0.39, 0.29) is 17.7 Å². The fourth-order valence-corrected chi connectivity index (χ4v) is 3.23. The van der Waals surface area contributed by atoms with Gasteiger partial charge in [-0.05, 0) is 53.4 Å². The Bertz CT molecular complexity index is 945. The predicted octanol–water partition coefficient (Wildman–Crippen LogP) is 4.36. The fraction of sp³-hybridized carbons (Fsp3) is 0.227. The van der Waals surface area contributed by atoms with Crippen LogP contribution in [0.25, 0.3) is 10.8 Å². The lowest BCUT2D eigenvalue weighted by molar-refractivity contribution is 0.0727. The maximum absolute atomic E-state index is 13.2. The Morgan fingerprint density at radius 3 is 2.35 bits per heavy atom. The number of nitrogens with zero attached hydrogens (tertiary/aromatic N) is 1. The van der Waals surface area contributed by atoms with Crippen molar-refractivity contribution in [3.63, 3.8) is 0 Å². The van der Waals surface area contributed by atoms with Crippen LogP contribution in [0.2, 0.25) is 0 Å². The van der Waals surface area contributed by atoms with Crippen LogP contribution in [-0.2, 0) is 6.54 Å². The van der Waals surface area contributed by atoms with Crippen molar-refractivity contribution < 1.29 is 14.6 Å². The molecule has 0 spiro atoms. The number of phenolic OH excluding ortho intramolecular Hbond substituents is 1. The first-order valence-electron chi connectivity index (χ1n) is 8.81. The van der Waals surface area contributed by atoms with Gasteiger partial charge in [0.2, 0.25) is 0 Å². The number of rotatable bonds is 5. The van der Waals surface area contributed by atoms with E-state index in [1.54, 1.807) is 19.2 Å². The summed E-state index contributed by atoms with van der Waals surface area (Å²) in [5.41, 5.74) is 1.41. The van der Waals surface area contributed by atoms with Gasteiger partial charge in [0.05, 0.1) is 12.7 Å². The molecule has 0 unspecified atom stereocenters. The largest absolute Gasteiger partial charge is 0.507 e. The second-order valence-electron chi connectivity index (χ2n) is 6.73. The third-order valence-electron chi connectivity index (χ3n) is 4.85. The topological polar surface area (TPSA) is 49.8 Å². The number of phenols is 1. The number of benzene rings is 3. The number of fused-ring (bicyclic) bond motifs is 1. The Balaban J connectivity index is 1.64. The van der Waals surface area contributed by atoms with Gasteiger partial charge in [-0.2, -0.15) is 0 Å². The van der Waals surface area contributed by atoms with Gasteiger partial charge in [0.15, 0.2) is 0 Å². The summed E-state index contributed by atoms with van der Waals surface area (Å²) in [6, 6.07) is 19.2. The van der Waals surface area contributed by atoms with Crippen molar-refractivity contribution in [3.8, 4) is 11.5 Å². The van der Waals surface area contributed by atoms with Gasteiger partial charge < -0.3 is 14.7 Å². The van der Waals surface area contributed by atoms with E-state index in [9.17, 15) is 9.90 Å². The third-order valence-corrected chi connectivity index (χ3v) is 4.85. The average Bonchev–Trinajstić information content (AvgIpc) is 3.50. The van der Waals surface area contributed by atoms with Crippen molar-refractivity contribution >= 4 is 16.7 Å². The van der Waals surface area contributed by atoms with Crippen LogP contribution in [0, 0.1) is 0 Å². The number of hydrogen-bond donors (Lipinski definition) is 1. The lowest BCUT2D eigenvalue weighted by atomic mass is 10.0. The lowest BCUT2D eigenvalue weighted by Crippen LogP contribution is -2.32. The van der Waals surface area contributed by atoms with Crippen molar-refractivity contribution in [2.75, 3.05) is 7.11 Å². The molecule has 1 N–H and O–H groups in total. The highest BCUT2D eigenvalue weighted by atomic mass is 16.5. The van der Waals surface area contributed by atoms with Gasteiger partial charge in [0.1, 0.15) is 11.5 Å². The zero-order valence-corrected chi connectivity index (χ0v) is 14.7. The molecule has 1 fully saturated rings. The van der Waals surface area contributed by atoms with E-state index in [1.165, 1.54) is 0 Å². The summed E-state index contributed by atoms with van der Waals surface area (Å²) in [4.78, 5) is 15.0. The molecule has 26 heavy (non-hydrogen) atoms. The van der Waals surface area contributed by atoms with Crippen LogP contribution in [0.1, 0.15) is 28.8 Å². The molecule has 4 rings (SSSR count). The fourth-order valence-electron chi connectivity index (χ4n) is 3.23. The van der Waals surface area contributed by atoms with Gasteiger partial charge in [-0.3, -0.25) is 4.79 Å². The molecule has 1 aliphatic rings. The van der Waals surface area contributed by atoms with E-state index >= 15 is 0 Å². The van der Waals surface area contributed by atoms with Crippen LogP contribution in [-0.4, -0.2) is 29.1 Å². The number of hydrogen-bond acceptors (Lipinski definition) is 3. The maximum Gasteiger partial charge on any atom is 0.258 e. The first-order valence-corrected chi connectivity index (χ1v) is 8.81. The quantitative estimate of drug-likeness (QED) is 0.746. The van der Waals surface area contributed by atoms with Gasteiger partial charge in [0, 0.05) is 12.6 Å². The third kappa shape index (κ3) is 3.23. The van der Waals surface area contributed by atoms with Crippen LogP contribution in [0.5, 0.6) is 11.5 Å². The number of ether oxygens (including phenoxy) is 1. The van der Waals surface area contributed by atoms with Crippen LogP contribution in [0.4, 0.5) is 0 Å². The van der Waals surface area contributed by atoms with Gasteiger partial charge >= 0.3 is 0 Å². The molecule has 3 aromatic rings.